The number of ether oxygens (including phenoxy) is 2. The van der Waals surface area contributed by atoms with Gasteiger partial charge in [-0.3, -0.25) is 4.79 Å². The maximum absolute atomic E-state index is 12.2. The Kier molecular flexibility index (Phi) is 5.32. The largest absolute Gasteiger partial charge is 0.495 e. The highest BCUT2D eigenvalue weighted by Gasteiger charge is 2.10. The summed E-state index contributed by atoms with van der Waals surface area (Å²) in [6.07, 6.45) is 0. The van der Waals surface area contributed by atoms with E-state index in [0.29, 0.717) is 17.2 Å². The van der Waals surface area contributed by atoms with Gasteiger partial charge in [0.1, 0.15) is 11.5 Å². The highest BCUT2D eigenvalue weighted by Crippen LogP contribution is 2.29. The Labute approximate surface area is 147 Å². The lowest BCUT2D eigenvalue weighted by Gasteiger charge is -2.13. The number of rotatable bonds is 6. The molecule has 4 nitrogen and oxygen atoms in total. The van der Waals surface area contributed by atoms with Crippen molar-refractivity contribution in [3.63, 3.8) is 0 Å². The third-order valence-electron chi connectivity index (χ3n) is 3.71. The molecule has 0 spiro atoms. The van der Waals surface area contributed by atoms with E-state index in [1.807, 2.05) is 66.7 Å². The molecule has 4 heteroatoms. The molecule has 0 saturated carbocycles. The molecular formula is C21H19NO3. The summed E-state index contributed by atoms with van der Waals surface area (Å²) in [6.45, 7) is -0.0815. The minimum absolute atomic E-state index is 0.0815. The van der Waals surface area contributed by atoms with Crippen LogP contribution in [0.25, 0.3) is 11.1 Å². The molecule has 0 bridgehead atoms. The first-order valence-corrected chi connectivity index (χ1v) is 7.98. The maximum atomic E-state index is 12.2. The monoisotopic (exact) mass is 333 g/mol. The smallest absolute Gasteiger partial charge is 0.262 e. The summed E-state index contributed by atoms with van der Waals surface area (Å²) in [5.74, 6) is 1.04. The van der Waals surface area contributed by atoms with Crippen molar-refractivity contribution in [2.24, 2.45) is 0 Å². The molecule has 1 N–H and O–H groups in total. The molecule has 0 aliphatic carbocycles. The van der Waals surface area contributed by atoms with Gasteiger partial charge in [-0.1, -0.05) is 60.7 Å². The van der Waals surface area contributed by atoms with Gasteiger partial charge in [0.2, 0.25) is 0 Å². The number of hydrogen-bond donors (Lipinski definition) is 1. The van der Waals surface area contributed by atoms with Gasteiger partial charge in [-0.2, -0.15) is 0 Å². The van der Waals surface area contributed by atoms with Crippen LogP contribution < -0.4 is 14.8 Å². The van der Waals surface area contributed by atoms with E-state index in [1.165, 1.54) is 0 Å². The van der Waals surface area contributed by atoms with Crippen LogP contribution in [0.15, 0.2) is 78.9 Å². The van der Waals surface area contributed by atoms with Crippen molar-refractivity contribution < 1.29 is 14.3 Å². The van der Waals surface area contributed by atoms with Gasteiger partial charge < -0.3 is 14.8 Å². The summed E-state index contributed by atoms with van der Waals surface area (Å²) in [4.78, 5) is 12.2. The number of carbonyl (C=O) groups is 1. The molecule has 0 saturated heterocycles. The molecule has 3 rings (SSSR count). The van der Waals surface area contributed by atoms with E-state index in [2.05, 4.69) is 5.32 Å². The Balaban J connectivity index is 1.69. The molecule has 0 fully saturated rings. The molecule has 0 atom stereocenters. The summed E-state index contributed by atoms with van der Waals surface area (Å²) < 4.78 is 11.0. The second-order valence-electron chi connectivity index (χ2n) is 5.40. The maximum Gasteiger partial charge on any atom is 0.262 e. The molecule has 0 aliphatic heterocycles. The molecule has 0 aliphatic rings. The van der Waals surface area contributed by atoms with Gasteiger partial charge in [-0.15, -0.1) is 0 Å². The molecule has 3 aromatic carbocycles. The van der Waals surface area contributed by atoms with Gasteiger partial charge in [0.25, 0.3) is 5.91 Å². The van der Waals surface area contributed by atoms with Crippen LogP contribution in [0, 0.1) is 0 Å². The molecule has 126 valence electrons. The summed E-state index contributed by atoms with van der Waals surface area (Å²) in [5.41, 5.74) is 2.62. The van der Waals surface area contributed by atoms with E-state index in [-0.39, 0.29) is 12.5 Å². The number of hydrogen-bond acceptors (Lipinski definition) is 3. The molecule has 3 aromatic rings. The first-order valence-electron chi connectivity index (χ1n) is 7.98. The normalized spacial score (nSPS) is 10.1. The van der Waals surface area contributed by atoms with Crippen LogP contribution in [0.2, 0.25) is 0 Å². The van der Waals surface area contributed by atoms with Crippen LogP contribution in [0.4, 0.5) is 5.69 Å². The number of anilines is 1. The van der Waals surface area contributed by atoms with E-state index < -0.39 is 0 Å². The van der Waals surface area contributed by atoms with Crippen LogP contribution in [0.5, 0.6) is 11.5 Å². The highest BCUT2D eigenvalue weighted by molar-refractivity contribution is 5.93. The average Bonchev–Trinajstić information content (AvgIpc) is 2.68. The fraction of sp³-hybridized carbons (Fsp3) is 0.0952. The zero-order valence-corrected chi connectivity index (χ0v) is 13.9. The van der Waals surface area contributed by atoms with E-state index >= 15 is 0 Å². The van der Waals surface area contributed by atoms with Gasteiger partial charge in [0.15, 0.2) is 6.61 Å². The molecule has 0 aromatic heterocycles. The lowest BCUT2D eigenvalue weighted by Crippen LogP contribution is -2.20. The number of methoxy groups -OCH3 is 1. The van der Waals surface area contributed by atoms with Gasteiger partial charge in [-0.05, 0) is 23.8 Å². The van der Waals surface area contributed by atoms with Crippen LogP contribution in [0.3, 0.4) is 0 Å². The minimum atomic E-state index is -0.243. The molecular weight excluding hydrogens is 314 g/mol. The number of para-hydroxylation sites is 3. The Morgan fingerprint density at radius 3 is 2.24 bits per heavy atom. The third kappa shape index (κ3) is 4.18. The highest BCUT2D eigenvalue weighted by atomic mass is 16.5. The van der Waals surface area contributed by atoms with Crippen molar-refractivity contribution in [2.45, 2.75) is 0 Å². The van der Waals surface area contributed by atoms with Gasteiger partial charge in [-0.25, -0.2) is 0 Å². The quantitative estimate of drug-likeness (QED) is 0.728. The van der Waals surface area contributed by atoms with Crippen molar-refractivity contribution in [1.82, 2.24) is 0 Å². The minimum Gasteiger partial charge on any atom is -0.495 e. The van der Waals surface area contributed by atoms with Crippen LogP contribution in [0.1, 0.15) is 0 Å². The van der Waals surface area contributed by atoms with E-state index in [0.717, 1.165) is 11.1 Å². The zero-order valence-electron chi connectivity index (χ0n) is 13.9. The van der Waals surface area contributed by atoms with Crippen molar-refractivity contribution in [3.05, 3.63) is 78.9 Å². The molecule has 1 amide bonds. The van der Waals surface area contributed by atoms with Crippen molar-refractivity contribution >= 4 is 11.6 Å². The average molecular weight is 333 g/mol. The number of nitrogens with one attached hydrogen (secondary N) is 1. The fourth-order valence-electron chi connectivity index (χ4n) is 2.53. The number of benzene rings is 3. The van der Waals surface area contributed by atoms with Crippen LogP contribution in [-0.4, -0.2) is 19.6 Å². The Morgan fingerprint density at radius 2 is 1.48 bits per heavy atom. The Bertz CT molecular complexity index is 847. The Morgan fingerprint density at radius 1 is 0.840 bits per heavy atom. The zero-order chi connectivity index (χ0) is 17.5. The summed E-state index contributed by atoms with van der Waals surface area (Å²) in [5, 5.41) is 2.80. The second kappa shape index (κ2) is 8.02. The van der Waals surface area contributed by atoms with Gasteiger partial charge >= 0.3 is 0 Å². The SMILES string of the molecule is COc1ccccc1NC(=O)COc1ccccc1-c1ccccc1. The van der Waals surface area contributed by atoms with Crippen molar-refractivity contribution in [3.8, 4) is 22.6 Å². The standard InChI is InChI=1S/C21H19NO3/c1-24-20-14-8-6-12-18(20)22-21(23)15-25-19-13-7-5-11-17(19)16-9-3-2-4-10-16/h2-14H,15H2,1H3,(H,22,23). The molecule has 0 radical (unpaired) electrons. The lowest BCUT2D eigenvalue weighted by molar-refractivity contribution is -0.118. The summed E-state index contributed by atoms with van der Waals surface area (Å²) in [6, 6.07) is 24.9. The van der Waals surface area contributed by atoms with E-state index in [1.54, 1.807) is 19.2 Å². The predicted molar refractivity (Wildman–Crippen MR) is 99.0 cm³/mol. The predicted octanol–water partition coefficient (Wildman–Crippen LogP) is 4.38. The van der Waals surface area contributed by atoms with E-state index in [9.17, 15) is 4.79 Å². The van der Waals surface area contributed by atoms with Crippen LogP contribution in [-0.2, 0) is 4.79 Å². The summed E-state index contributed by atoms with van der Waals surface area (Å²) >= 11 is 0. The van der Waals surface area contributed by atoms with Crippen LogP contribution >= 0.6 is 0 Å². The second-order valence-corrected chi connectivity index (χ2v) is 5.40. The molecule has 0 heterocycles. The number of amides is 1. The fourth-order valence-corrected chi connectivity index (χ4v) is 2.53. The first kappa shape index (κ1) is 16.6. The Hall–Kier alpha value is -3.27. The van der Waals surface area contributed by atoms with E-state index in [4.69, 9.17) is 9.47 Å². The topological polar surface area (TPSA) is 47.6 Å². The first-order chi connectivity index (χ1) is 12.3. The van der Waals surface area contributed by atoms with Gasteiger partial charge in [0.05, 0.1) is 12.8 Å². The summed E-state index contributed by atoms with van der Waals surface area (Å²) in [7, 11) is 1.57. The molecule has 0 unspecified atom stereocenters. The molecule has 25 heavy (non-hydrogen) atoms. The van der Waals surface area contributed by atoms with Gasteiger partial charge in [0, 0.05) is 5.56 Å². The number of carbonyl (C=O) groups excluding carboxylic acids is 1. The third-order valence-corrected chi connectivity index (χ3v) is 3.71. The lowest BCUT2D eigenvalue weighted by atomic mass is 10.1. The van der Waals surface area contributed by atoms with Crippen molar-refractivity contribution in [2.75, 3.05) is 19.0 Å². The van der Waals surface area contributed by atoms with Crippen molar-refractivity contribution in [1.29, 1.82) is 0 Å².